The molecule has 2 aromatic rings. The van der Waals surface area contributed by atoms with Crippen LogP contribution >= 0.6 is 0 Å². The molecule has 0 unspecified atom stereocenters. The number of nitrogens with zero attached hydrogens (tertiary/aromatic N) is 2. The Balaban J connectivity index is 2.16. The van der Waals surface area contributed by atoms with Crippen LogP contribution in [0.15, 0.2) is 24.3 Å². The van der Waals surface area contributed by atoms with E-state index in [-0.39, 0.29) is 12.4 Å². The van der Waals surface area contributed by atoms with Gasteiger partial charge in [-0.15, -0.1) is 0 Å². The van der Waals surface area contributed by atoms with Crippen LogP contribution < -0.4 is 10.1 Å². The summed E-state index contributed by atoms with van der Waals surface area (Å²) in [4.78, 5) is 8.66. The van der Waals surface area contributed by atoms with Crippen molar-refractivity contribution in [2.24, 2.45) is 0 Å². The number of nitrogens with one attached hydrogen (secondary N) is 1. The zero-order valence-corrected chi connectivity index (χ0v) is 12.6. The predicted molar refractivity (Wildman–Crippen MR) is 81.0 cm³/mol. The summed E-state index contributed by atoms with van der Waals surface area (Å²) in [6, 6.07) is 6.57. The molecule has 1 heterocycles. The lowest BCUT2D eigenvalue weighted by molar-refractivity contribution is 0.285. The molecular weight excluding hydrogens is 269 g/mol. The zero-order chi connectivity index (χ0) is 15.2. The maximum Gasteiger partial charge on any atom is 0.222 e. The number of benzene rings is 1. The molecule has 0 spiro atoms. The average molecular weight is 289 g/mol. The van der Waals surface area contributed by atoms with Crippen molar-refractivity contribution in [1.82, 2.24) is 9.97 Å². The summed E-state index contributed by atoms with van der Waals surface area (Å²) in [6.45, 7) is 6.79. The molecule has 1 aromatic carbocycles. The molecule has 0 saturated carbocycles. The first-order valence-electron chi connectivity index (χ1n) is 7.07. The molecule has 5 heteroatoms. The minimum atomic E-state index is -0.273. The fourth-order valence-electron chi connectivity index (χ4n) is 1.92. The van der Waals surface area contributed by atoms with E-state index in [0.29, 0.717) is 17.3 Å². The maximum atomic E-state index is 13.6. The molecule has 0 fully saturated rings. The number of hydrogen-bond donors (Lipinski definition) is 1. The lowest BCUT2D eigenvalue weighted by Crippen LogP contribution is -2.09. The van der Waals surface area contributed by atoms with Gasteiger partial charge in [0.25, 0.3) is 0 Å². The number of anilines is 1. The van der Waals surface area contributed by atoms with Gasteiger partial charge in [0.1, 0.15) is 24.1 Å². The van der Waals surface area contributed by atoms with Crippen LogP contribution in [0.4, 0.5) is 10.2 Å². The summed E-state index contributed by atoms with van der Waals surface area (Å²) in [6.07, 6.45) is 1.01. The molecule has 0 bridgehead atoms. The average Bonchev–Trinajstić information content (AvgIpc) is 2.47. The Hall–Kier alpha value is -2.17. The van der Waals surface area contributed by atoms with Gasteiger partial charge in [-0.3, -0.25) is 0 Å². The van der Waals surface area contributed by atoms with Gasteiger partial charge >= 0.3 is 0 Å². The Morgan fingerprint density at radius 1 is 1.19 bits per heavy atom. The van der Waals surface area contributed by atoms with Crippen LogP contribution in [0.25, 0.3) is 0 Å². The lowest BCUT2D eigenvalue weighted by atomic mass is 10.2. The van der Waals surface area contributed by atoms with Gasteiger partial charge in [-0.05, 0) is 26.3 Å². The second kappa shape index (κ2) is 7.02. The molecule has 4 nitrogen and oxygen atoms in total. The van der Waals surface area contributed by atoms with Crippen LogP contribution in [-0.2, 0) is 6.61 Å². The summed E-state index contributed by atoms with van der Waals surface area (Å²) >= 11 is 0. The van der Waals surface area contributed by atoms with E-state index in [1.807, 2.05) is 13.8 Å². The quantitative estimate of drug-likeness (QED) is 0.882. The third kappa shape index (κ3) is 3.90. The van der Waals surface area contributed by atoms with Gasteiger partial charge in [0, 0.05) is 12.1 Å². The Morgan fingerprint density at radius 3 is 2.67 bits per heavy atom. The molecule has 0 amide bonds. The van der Waals surface area contributed by atoms with Gasteiger partial charge in [-0.1, -0.05) is 25.1 Å². The van der Waals surface area contributed by atoms with Gasteiger partial charge < -0.3 is 10.1 Å². The summed E-state index contributed by atoms with van der Waals surface area (Å²) in [5, 5.41) is 3.25. The Morgan fingerprint density at radius 2 is 1.95 bits per heavy atom. The SMILES string of the molecule is CCCNc1nc(C)nc(OCc2ccccc2F)c1C. The number of ether oxygens (including phenoxy) is 1. The van der Waals surface area contributed by atoms with Crippen molar-refractivity contribution in [3.8, 4) is 5.88 Å². The van der Waals surface area contributed by atoms with E-state index in [1.54, 1.807) is 18.2 Å². The molecule has 0 atom stereocenters. The highest BCUT2D eigenvalue weighted by Gasteiger charge is 2.11. The number of rotatable bonds is 6. The fraction of sp³-hybridized carbons (Fsp3) is 0.375. The number of aryl methyl sites for hydroxylation is 1. The van der Waals surface area contributed by atoms with Crippen LogP contribution in [0.2, 0.25) is 0 Å². The van der Waals surface area contributed by atoms with Crippen LogP contribution in [0, 0.1) is 19.7 Å². The van der Waals surface area contributed by atoms with Crippen molar-refractivity contribution < 1.29 is 9.13 Å². The second-order valence-electron chi connectivity index (χ2n) is 4.86. The smallest absolute Gasteiger partial charge is 0.222 e. The van der Waals surface area contributed by atoms with E-state index in [1.165, 1.54) is 6.07 Å². The molecule has 112 valence electrons. The second-order valence-corrected chi connectivity index (χ2v) is 4.86. The highest BCUT2D eigenvalue weighted by molar-refractivity contribution is 5.48. The van der Waals surface area contributed by atoms with Crippen molar-refractivity contribution in [2.75, 3.05) is 11.9 Å². The molecule has 0 radical (unpaired) electrons. The van der Waals surface area contributed by atoms with Crippen LogP contribution in [0.1, 0.15) is 30.3 Å². The van der Waals surface area contributed by atoms with E-state index in [2.05, 4.69) is 22.2 Å². The van der Waals surface area contributed by atoms with E-state index in [9.17, 15) is 4.39 Å². The predicted octanol–water partition coefficient (Wildman–Crippen LogP) is 3.63. The third-order valence-corrected chi connectivity index (χ3v) is 3.08. The minimum absolute atomic E-state index is 0.150. The Labute approximate surface area is 124 Å². The number of hydrogen-bond acceptors (Lipinski definition) is 4. The normalized spacial score (nSPS) is 10.5. The van der Waals surface area contributed by atoms with Gasteiger partial charge in [0.2, 0.25) is 5.88 Å². The molecule has 0 aliphatic rings. The number of aromatic nitrogens is 2. The van der Waals surface area contributed by atoms with E-state index >= 15 is 0 Å². The molecule has 2 rings (SSSR count). The molecular formula is C16H20FN3O. The Kier molecular flexibility index (Phi) is 5.09. The fourth-order valence-corrected chi connectivity index (χ4v) is 1.92. The van der Waals surface area contributed by atoms with Crippen molar-refractivity contribution >= 4 is 5.82 Å². The summed E-state index contributed by atoms with van der Waals surface area (Å²) in [5.41, 5.74) is 1.35. The van der Waals surface area contributed by atoms with Gasteiger partial charge in [-0.25, -0.2) is 9.37 Å². The molecule has 0 aliphatic carbocycles. The summed E-state index contributed by atoms with van der Waals surface area (Å²) < 4.78 is 19.3. The molecule has 0 saturated heterocycles. The van der Waals surface area contributed by atoms with Gasteiger partial charge in [0.05, 0.1) is 5.56 Å². The zero-order valence-electron chi connectivity index (χ0n) is 12.6. The van der Waals surface area contributed by atoms with Crippen LogP contribution in [0.3, 0.4) is 0 Å². The maximum absolute atomic E-state index is 13.6. The van der Waals surface area contributed by atoms with E-state index in [0.717, 1.165) is 24.3 Å². The van der Waals surface area contributed by atoms with E-state index < -0.39 is 0 Å². The highest BCUT2D eigenvalue weighted by Crippen LogP contribution is 2.23. The van der Waals surface area contributed by atoms with Crippen molar-refractivity contribution in [1.29, 1.82) is 0 Å². The van der Waals surface area contributed by atoms with Crippen LogP contribution in [-0.4, -0.2) is 16.5 Å². The first-order chi connectivity index (χ1) is 10.1. The third-order valence-electron chi connectivity index (χ3n) is 3.08. The highest BCUT2D eigenvalue weighted by atomic mass is 19.1. The number of halogens is 1. The molecule has 21 heavy (non-hydrogen) atoms. The van der Waals surface area contributed by atoms with Crippen LogP contribution in [0.5, 0.6) is 5.88 Å². The first kappa shape index (κ1) is 15.2. The summed E-state index contributed by atoms with van der Waals surface area (Å²) in [5.74, 6) is 1.62. The van der Waals surface area contributed by atoms with Gasteiger partial charge in [0.15, 0.2) is 0 Å². The monoisotopic (exact) mass is 289 g/mol. The first-order valence-corrected chi connectivity index (χ1v) is 7.07. The Bertz CT molecular complexity index is 616. The van der Waals surface area contributed by atoms with Crippen molar-refractivity contribution in [3.63, 3.8) is 0 Å². The standard InChI is InChI=1S/C16H20FN3O/c1-4-9-18-15-11(2)16(20-12(3)19-15)21-10-13-7-5-6-8-14(13)17/h5-8H,4,9-10H2,1-3H3,(H,18,19,20). The van der Waals surface area contributed by atoms with Crippen molar-refractivity contribution in [3.05, 3.63) is 47.0 Å². The minimum Gasteiger partial charge on any atom is -0.472 e. The lowest BCUT2D eigenvalue weighted by Gasteiger charge is -2.13. The van der Waals surface area contributed by atoms with Crippen molar-refractivity contribution in [2.45, 2.75) is 33.8 Å². The summed E-state index contributed by atoms with van der Waals surface area (Å²) in [7, 11) is 0. The van der Waals surface area contributed by atoms with Gasteiger partial charge in [-0.2, -0.15) is 4.98 Å². The molecule has 0 aliphatic heterocycles. The molecule has 1 aromatic heterocycles. The topological polar surface area (TPSA) is 47.0 Å². The molecule has 1 N–H and O–H groups in total. The van der Waals surface area contributed by atoms with E-state index in [4.69, 9.17) is 4.74 Å². The largest absolute Gasteiger partial charge is 0.472 e.